The number of nitrogens with zero attached hydrogens (tertiary/aromatic N) is 4. The summed E-state index contributed by atoms with van der Waals surface area (Å²) < 4.78 is 36.6. The maximum Gasteiger partial charge on any atom is 0.338 e. The van der Waals surface area contributed by atoms with E-state index in [0.29, 0.717) is 33.4 Å². The van der Waals surface area contributed by atoms with Crippen LogP contribution in [0.25, 0.3) is 0 Å². The summed E-state index contributed by atoms with van der Waals surface area (Å²) in [6, 6.07) is 7.84. The standard InChI is InChI=1S/C32H30ClF2N5O5S/c1-3-45-30(43)25-24(37-27(28-36-10-12-46-28)38-26(25)20-5-4-6-23(34)17(20)2)16-39-11-9-32(35)18(14-39)15-40(31(32)44)19-7-8-21(29(41)42)22(33)13-19/h4-8,10,12-13,18,26H,3,9,11,14-16H2,1-2H3,(H,37,38)(H,41,42)/t18-,26-,32+/m0/s1. The molecule has 46 heavy (non-hydrogen) atoms. The SMILES string of the molecule is CCOC(=O)C1=C(CN2CC[C@]3(F)C(=O)N(c4ccc(C(=O)O)c(Cl)c4)C[C@@H]3C2)NC(c2nccs2)=N[C@H]1c1cccc(F)c1C. The maximum absolute atomic E-state index is 16.4. The van der Waals surface area contributed by atoms with Gasteiger partial charge in [0.2, 0.25) is 0 Å². The number of aliphatic imine (C=N–C) groups is 1. The molecule has 3 aliphatic heterocycles. The van der Waals surface area contributed by atoms with Gasteiger partial charge in [0.25, 0.3) is 5.91 Å². The monoisotopic (exact) mass is 669 g/mol. The molecule has 10 nitrogen and oxygen atoms in total. The molecule has 4 heterocycles. The van der Waals surface area contributed by atoms with Gasteiger partial charge in [0.1, 0.15) is 11.9 Å². The first-order valence-electron chi connectivity index (χ1n) is 14.7. The number of nitrogens with one attached hydrogen (secondary N) is 1. The Morgan fingerprint density at radius 2 is 2.07 bits per heavy atom. The molecule has 1 amide bonds. The van der Waals surface area contributed by atoms with E-state index in [0.717, 1.165) is 0 Å². The van der Waals surface area contributed by atoms with Crippen molar-refractivity contribution in [2.45, 2.75) is 32.0 Å². The molecule has 240 valence electrons. The second-order valence-corrected chi connectivity index (χ2v) is 12.6. The highest BCUT2D eigenvalue weighted by atomic mass is 35.5. The van der Waals surface area contributed by atoms with Crippen LogP contribution in [-0.4, -0.2) is 77.1 Å². The van der Waals surface area contributed by atoms with Crippen molar-refractivity contribution in [3.63, 3.8) is 0 Å². The summed E-state index contributed by atoms with van der Waals surface area (Å²) in [5.41, 5.74) is -0.394. The molecule has 6 rings (SSSR count). The van der Waals surface area contributed by atoms with E-state index in [2.05, 4.69) is 10.3 Å². The Balaban J connectivity index is 1.32. The zero-order valence-corrected chi connectivity index (χ0v) is 26.5. The zero-order chi connectivity index (χ0) is 32.7. The average molecular weight is 670 g/mol. The summed E-state index contributed by atoms with van der Waals surface area (Å²) in [5.74, 6) is -3.25. The predicted molar refractivity (Wildman–Crippen MR) is 168 cm³/mol. The lowest BCUT2D eigenvalue weighted by atomic mass is 9.84. The van der Waals surface area contributed by atoms with Crippen LogP contribution in [-0.2, 0) is 14.3 Å². The van der Waals surface area contributed by atoms with Gasteiger partial charge in [0, 0.05) is 61.5 Å². The average Bonchev–Trinajstić information content (AvgIpc) is 3.65. The lowest BCUT2D eigenvalue weighted by Crippen LogP contribution is -2.52. The molecule has 0 spiro atoms. The number of hydrogen-bond acceptors (Lipinski definition) is 9. The number of aromatic carboxylic acids is 1. The first kappa shape index (κ1) is 31.8. The second kappa shape index (κ2) is 12.5. The fraction of sp³-hybridized carbons (Fsp3) is 0.344. The van der Waals surface area contributed by atoms with Gasteiger partial charge in [-0.05, 0) is 49.2 Å². The number of carboxylic acids is 1. The number of benzene rings is 2. The van der Waals surface area contributed by atoms with E-state index < -0.39 is 41.3 Å². The fourth-order valence-corrected chi connectivity index (χ4v) is 7.13. The number of hydrogen-bond donors (Lipinski definition) is 2. The van der Waals surface area contributed by atoms with E-state index in [-0.39, 0.29) is 55.4 Å². The van der Waals surface area contributed by atoms with Gasteiger partial charge in [0.05, 0.1) is 22.8 Å². The van der Waals surface area contributed by atoms with Crippen molar-refractivity contribution in [2.24, 2.45) is 10.9 Å². The summed E-state index contributed by atoms with van der Waals surface area (Å²) in [7, 11) is 0. The molecule has 0 aliphatic carbocycles. The number of anilines is 1. The van der Waals surface area contributed by atoms with Crippen LogP contribution in [0.5, 0.6) is 0 Å². The molecular weight excluding hydrogens is 640 g/mol. The first-order chi connectivity index (χ1) is 22.0. The number of ether oxygens (including phenoxy) is 1. The van der Waals surface area contributed by atoms with E-state index in [9.17, 15) is 23.9 Å². The number of amides is 1. The second-order valence-electron chi connectivity index (χ2n) is 11.3. The van der Waals surface area contributed by atoms with Crippen LogP contribution in [0.1, 0.15) is 45.9 Å². The van der Waals surface area contributed by atoms with Gasteiger partial charge in [0.15, 0.2) is 16.5 Å². The van der Waals surface area contributed by atoms with Crippen LogP contribution in [0.2, 0.25) is 5.02 Å². The molecule has 2 aromatic carbocycles. The molecular formula is C32H30ClF2N5O5S. The summed E-state index contributed by atoms with van der Waals surface area (Å²) in [5, 5.41) is 14.9. The third kappa shape index (κ3) is 5.67. The maximum atomic E-state index is 16.4. The summed E-state index contributed by atoms with van der Waals surface area (Å²) in [6.45, 7) is 4.06. The molecule has 3 aliphatic rings. The molecule has 1 aromatic heterocycles. The molecule has 0 saturated carbocycles. The smallest absolute Gasteiger partial charge is 0.338 e. The van der Waals surface area contributed by atoms with E-state index in [1.807, 2.05) is 4.90 Å². The third-order valence-electron chi connectivity index (χ3n) is 8.66. The lowest BCUT2D eigenvalue weighted by molar-refractivity contribution is -0.139. The lowest BCUT2D eigenvalue weighted by Gasteiger charge is -2.38. The van der Waals surface area contributed by atoms with Crippen molar-refractivity contribution in [3.8, 4) is 0 Å². The molecule has 0 radical (unpaired) electrons. The number of carbonyl (C=O) groups excluding carboxylic acids is 2. The minimum Gasteiger partial charge on any atom is -0.478 e. The quantitative estimate of drug-likeness (QED) is 0.324. The van der Waals surface area contributed by atoms with E-state index >= 15 is 4.39 Å². The van der Waals surface area contributed by atoms with Gasteiger partial charge in [-0.25, -0.2) is 23.4 Å². The summed E-state index contributed by atoms with van der Waals surface area (Å²) in [6.07, 6.45) is 1.55. The van der Waals surface area contributed by atoms with E-state index in [4.69, 9.17) is 21.3 Å². The Morgan fingerprint density at radius 3 is 2.76 bits per heavy atom. The number of carbonyl (C=O) groups is 3. The Hall–Kier alpha value is -4.20. The summed E-state index contributed by atoms with van der Waals surface area (Å²) in [4.78, 5) is 50.8. The fourth-order valence-electron chi connectivity index (χ4n) is 6.28. The number of amidine groups is 1. The van der Waals surface area contributed by atoms with Crippen LogP contribution in [0.4, 0.5) is 14.5 Å². The molecule has 3 aromatic rings. The van der Waals surface area contributed by atoms with Crippen LogP contribution in [0.15, 0.2) is 64.2 Å². The molecule has 2 fully saturated rings. The number of rotatable bonds is 8. The Morgan fingerprint density at radius 1 is 1.26 bits per heavy atom. The highest BCUT2D eigenvalue weighted by Crippen LogP contribution is 2.43. The highest BCUT2D eigenvalue weighted by Gasteiger charge is 2.57. The number of fused-ring (bicyclic) bond motifs is 1. The molecule has 0 unspecified atom stereocenters. The van der Waals surface area contributed by atoms with E-state index in [1.165, 1.54) is 40.5 Å². The molecule has 14 heteroatoms. The minimum absolute atomic E-state index is 0.0511. The third-order valence-corrected chi connectivity index (χ3v) is 9.75. The molecule has 0 bridgehead atoms. The highest BCUT2D eigenvalue weighted by molar-refractivity contribution is 7.11. The number of thiazole rings is 1. The van der Waals surface area contributed by atoms with Crippen LogP contribution < -0.4 is 10.2 Å². The van der Waals surface area contributed by atoms with Crippen molar-refractivity contribution in [1.82, 2.24) is 15.2 Å². The van der Waals surface area contributed by atoms with Crippen molar-refractivity contribution < 1.29 is 33.0 Å². The van der Waals surface area contributed by atoms with Crippen molar-refractivity contribution >= 4 is 52.3 Å². The molecule has 2 saturated heterocycles. The molecule has 3 atom stereocenters. The predicted octanol–water partition coefficient (Wildman–Crippen LogP) is 4.93. The van der Waals surface area contributed by atoms with Gasteiger partial charge in [-0.2, -0.15) is 0 Å². The normalized spacial score (nSPS) is 23.2. The Bertz CT molecular complexity index is 1780. The number of piperidine rings is 1. The Labute approximate surface area is 272 Å². The summed E-state index contributed by atoms with van der Waals surface area (Å²) >= 11 is 7.50. The Kier molecular flexibility index (Phi) is 8.66. The number of likely N-dealkylation sites (tertiary alicyclic amines) is 1. The minimum atomic E-state index is -2.12. The zero-order valence-electron chi connectivity index (χ0n) is 24.9. The first-order valence-corrected chi connectivity index (χ1v) is 15.9. The number of halogens is 3. The number of carboxylic acid groups (broad SMARTS) is 1. The topological polar surface area (TPSA) is 124 Å². The molecule has 2 N–H and O–H groups in total. The van der Waals surface area contributed by atoms with Crippen LogP contribution in [0.3, 0.4) is 0 Å². The van der Waals surface area contributed by atoms with Gasteiger partial charge in [-0.1, -0.05) is 23.7 Å². The van der Waals surface area contributed by atoms with Crippen LogP contribution >= 0.6 is 22.9 Å². The van der Waals surface area contributed by atoms with Gasteiger partial charge >= 0.3 is 11.9 Å². The van der Waals surface area contributed by atoms with Crippen molar-refractivity contribution in [1.29, 1.82) is 0 Å². The van der Waals surface area contributed by atoms with Gasteiger partial charge < -0.3 is 20.1 Å². The van der Waals surface area contributed by atoms with Crippen molar-refractivity contribution in [2.75, 3.05) is 37.7 Å². The van der Waals surface area contributed by atoms with Gasteiger partial charge in [-0.15, -0.1) is 11.3 Å². The largest absolute Gasteiger partial charge is 0.478 e. The number of aromatic nitrogens is 1. The van der Waals surface area contributed by atoms with Crippen LogP contribution in [0, 0.1) is 18.7 Å². The van der Waals surface area contributed by atoms with Crippen molar-refractivity contribution in [3.05, 3.63) is 91.8 Å². The van der Waals surface area contributed by atoms with Gasteiger partial charge in [-0.3, -0.25) is 14.7 Å². The number of alkyl halides is 1. The number of esters is 1. The van der Waals surface area contributed by atoms with E-state index in [1.54, 1.807) is 37.6 Å².